The molecule has 0 bridgehead atoms. The third-order valence-corrected chi connectivity index (χ3v) is 3.78. The van der Waals surface area contributed by atoms with E-state index in [2.05, 4.69) is 37.4 Å². The molecule has 1 aromatic carbocycles. The summed E-state index contributed by atoms with van der Waals surface area (Å²) in [6.07, 6.45) is 4.30. The summed E-state index contributed by atoms with van der Waals surface area (Å²) in [5.41, 5.74) is 3.99. The van der Waals surface area contributed by atoms with Crippen molar-refractivity contribution in [2.45, 2.75) is 58.2 Å². The molecule has 0 amide bonds. The largest absolute Gasteiger partial charge is 0.392 e. The molecule has 0 heterocycles. The Hall–Kier alpha value is -0.860. The van der Waals surface area contributed by atoms with Crippen molar-refractivity contribution in [3.05, 3.63) is 34.9 Å². The second kappa shape index (κ2) is 5.65. The average Bonchev–Trinajstić information content (AvgIpc) is 2.30. The molecule has 1 aliphatic carbocycles. The number of aryl methyl sites for hydroxylation is 2. The lowest BCUT2D eigenvalue weighted by atomic mass is 9.92. The van der Waals surface area contributed by atoms with Crippen LogP contribution in [0, 0.1) is 13.8 Å². The fourth-order valence-corrected chi connectivity index (χ4v) is 2.63. The standard InChI is InChI=1S/C15H23NO/c1-11-7-8-13(12(2)9-11)10-16-14-5-3-4-6-15(14)17/h7-9,14-17H,3-6,10H2,1-2H3/t14-,15-/m0/s1. The number of aliphatic hydroxyl groups is 1. The molecule has 1 aliphatic rings. The number of aliphatic hydroxyl groups excluding tert-OH is 1. The Bertz CT molecular complexity index is 375. The molecule has 2 heteroatoms. The summed E-state index contributed by atoms with van der Waals surface area (Å²) in [6, 6.07) is 6.84. The van der Waals surface area contributed by atoms with Crippen molar-refractivity contribution in [3.63, 3.8) is 0 Å². The maximum atomic E-state index is 9.90. The lowest BCUT2D eigenvalue weighted by molar-refractivity contribution is 0.0902. The van der Waals surface area contributed by atoms with Crippen LogP contribution in [0.5, 0.6) is 0 Å². The Labute approximate surface area is 104 Å². The first-order valence-corrected chi connectivity index (χ1v) is 6.64. The maximum absolute atomic E-state index is 9.90. The minimum absolute atomic E-state index is 0.158. The van der Waals surface area contributed by atoms with Gasteiger partial charge in [0.2, 0.25) is 0 Å². The van der Waals surface area contributed by atoms with E-state index in [4.69, 9.17) is 0 Å². The Morgan fingerprint density at radius 1 is 1.24 bits per heavy atom. The first kappa shape index (κ1) is 12.6. The highest BCUT2D eigenvalue weighted by Crippen LogP contribution is 2.19. The van der Waals surface area contributed by atoms with Crippen LogP contribution < -0.4 is 5.32 Å². The molecule has 0 aromatic heterocycles. The topological polar surface area (TPSA) is 32.3 Å². The fraction of sp³-hybridized carbons (Fsp3) is 0.600. The molecule has 0 radical (unpaired) electrons. The molecule has 1 fully saturated rings. The first-order chi connectivity index (χ1) is 8.16. The van der Waals surface area contributed by atoms with Gasteiger partial charge < -0.3 is 10.4 Å². The molecule has 0 saturated heterocycles. The van der Waals surface area contributed by atoms with E-state index in [-0.39, 0.29) is 12.1 Å². The van der Waals surface area contributed by atoms with Gasteiger partial charge >= 0.3 is 0 Å². The van der Waals surface area contributed by atoms with Crippen LogP contribution in [-0.4, -0.2) is 17.3 Å². The van der Waals surface area contributed by atoms with Gasteiger partial charge in [-0.05, 0) is 37.8 Å². The molecule has 1 saturated carbocycles. The second-order valence-corrected chi connectivity index (χ2v) is 5.27. The predicted molar refractivity (Wildman–Crippen MR) is 71.0 cm³/mol. The van der Waals surface area contributed by atoms with Crippen LogP contribution >= 0.6 is 0 Å². The van der Waals surface area contributed by atoms with Gasteiger partial charge in [-0.1, -0.05) is 36.6 Å². The summed E-state index contributed by atoms with van der Waals surface area (Å²) in [4.78, 5) is 0. The van der Waals surface area contributed by atoms with Gasteiger partial charge in [0.05, 0.1) is 6.10 Å². The molecule has 94 valence electrons. The van der Waals surface area contributed by atoms with Gasteiger partial charge in [-0.25, -0.2) is 0 Å². The van der Waals surface area contributed by atoms with Crippen LogP contribution in [0.15, 0.2) is 18.2 Å². The monoisotopic (exact) mass is 233 g/mol. The highest BCUT2D eigenvalue weighted by Gasteiger charge is 2.22. The summed E-state index contributed by atoms with van der Waals surface area (Å²) in [6.45, 7) is 5.14. The Morgan fingerprint density at radius 2 is 2.00 bits per heavy atom. The van der Waals surface area contributed by atoms with Gasteiger partial charge in [0.15, 0.2) is 0 Å². The van der Waals surface area contributed by atoms with E-state index >= 15 is 0 Å². The third kappa shape index (κ3) is 3.30. The molecule has 2 N–H and O–H groups in total. The molecule has 0 aliphatic heterocycles. The Morgan fingerprint density at radius 3 is 2.71 bits per heavy atom. The number of rotatable bonds is 3. The molecule has 0 unspecified atom stereocenters. The van der Waals surface area contributed by atoms with Crippen molar-refractivity contribution in [2.75, 3.05) is 0 Å². The molecule has 2 rings (SSSR count). The van der Waals surface area contributed by atoms with Crippen LogP contribution in [0.2, 0.25) is 0 Å². The summed E-state index contributed by atoms with van der Waals surface area (Å²) >= 11 is 0. The first-order valence-electron chi connectivity index (χ1n) is 6.64. The highest BCUT2D eigenvalue weighted by atomic mass is 16.3. The highest BCUT2D eigenvalue weighted by molar-refractivity contribution is 5.30. The zero-order chi connectivity index (χ0) is 12.3. The molecule has 2 atom stereocenters. The number of benzene rings is 1. The number of nitrogens with one attached hydrogen (secondary N) is 1. The van der Waals surface area contributed by atoms with E-state index in [0.29, 0.717) is 0 Å². The third-order valence-electron chi connectivity index (χ3n) is 3.78. The quantitative estimate of drug-likeness (QED) is 0.841. The smallest absolute Gasteiger partial charge is 0.0693 e. The second-order valence-electron chi connectivity index (χ2n) is 5.27. The van der Waals surface area contributed by atoms with Crippen LogP contribution in [0.1, 0.15) is 42.4 Å². The number of hydrogen-bond donors (Lipinski definition) is 2. The van der Waals surface area contributed by atoms with Gasteiger partial charge in [-0.3, -0.25) is 0 Å². The minimum atomic E-state index is -0.158. The molecule has 17 heavy (non-hydrogen) atoms. The average molecular weight is 233 g/mol. The van der Waals surface area contributed by atoms with E-state index in [1.807, 2.05) is 0 Å². The molecular formula is C15H23NO. The van der Waals surface area contributed by atoms with E-state index in [1.54, 1.807) is 0 Å². The summed E-state index contributed by atoms with van der Waals surface area (Å²) in [5.74, 6) is 0. The SMILES string of the molecule is Cc1ccc(CN[C@H]2CCCC[C@@H]2O)c(C)c1. The van der Waals surface area contributed by atoms with Crippen LogP contribution in [-0.2, 0) is 6.54 Å². The van der Waals surface area contributed by atoms with E-state index in [0.717, 1.165) is 19.4 Å². The zero-order valence-electron chi connectivity index (χ0n) is 10.9. The van der Waals surface area contributed by atoms with E-state index < -0.39 is 0 Å². The van der Waals surface area contributed by atoms with Crippen molar-refractivity contribution in [2.24, 2.45) is 0 Å². The Kier molecular flexibility index (Phi) is 4.19. The number of hydrogen-bond acceptors (Lipinski definition) is 2. The lowest BCUT2D eigenvalue weighted by Crippen LogP contribution is -2.41. The van der Waals surface area contributed by atoms with Crippen molar-refractivity contribution in [1.82, 2.24) is 5.32 Å². The molecule has 2 nitrogen and oxygen atoms in total. The van der Waals surface area contributed by atoms with Gasteiger partial charge in [-0.15, -0.1) is 0 Å². The van der Waals surface area contributed by atoms with Gasteiger partial charge in [0.25, 0.3) is 0 Å². The minimum Gasteiger partial charge on any atom is -0.392 e. The van der Waals surface area contributed by atoms with Crippen LogP contribution in [0.4, 0.5) is 0 Å². The van der Waals surface area contributed by atoms with Gasteiger partial charge in [0.1, 0.15) is 0 Å². The van der Waals surface area contributed by atoms with Crippen molar-refractivity contribution in [3.8, 4) is 0 Å². The molecular weight excluding hydrogens is 210 g/mol. The maximum Gasteiger partial charge on any atom is 0.0693 e. The lowest BCUT2D eigenvalue weighted by Gasteiger charge is -2.28. The predicted octanol–water partition coefficient (Wildman–Crippen LogP) is 2.70. The Balaban J connectivity index is 1.92. The van der Waals surface area contributed by atoms with E-state index in [1.165, 1.54) is 29.5 Å². The van der Waals surface area contributed by atoms with Gasteiger partial charge in [-0.2, -0.15) is 0 Å². The van der Waals surface area contributed by atoms with Gasteiger partial charge in [0, 0.05) is 12.6 Å². The summed E-state index contributed by atoms with van der Waals surface area (Å²) in [7, 11) is 0. The van der Waals surface area contributed by atoms with Crippen molar-refractivity contribution in [1.29, 1.82) is 0 Å². The van der Waals surface area contributed by atoms with Crippen molar-refractivity contribution >= 4 is 0 Å². The van der Waals surface area contributed by atoms with E-state index in [9.17, 15) is 5.11 Å². The normalized spacial score (nSPS) is 24.9. The molecule has 0 spiro atoms. The fourth-order valence-electron chi connectivity index (χ4n) is 2.63. The van der Waals surface area contributed by atoms with Crippen LogP contribution in [0.25, 0.3) is 0 Å². The zero-order valence-corrected chi connectivity index (χ0v) is 10.9. The summed E-state index contributed by atoms with van der Waals surface area (Å²) in [5, 5.41) is 13.4. The van der Waals surface area contributed by atoms with Crippen molar-refractivity contribution < 1.29 is 5.11 Å². The molecule has 1 aromatic rings. The summed E-state index contributed by atoms with van der Waals surface area (Å²) < 4.78 is 0. The van der Waals surface area contributed by atoms with Crippen LogP contribution in [0.3, 0.4) is 0 Å².